The lowest BCUT2D eigenvalue weighted by Gasteiger charge is -2.33. The molecule has 1 unspecified atom stereocenters. The Morgan fingerprint density at radius 3 is 2.24 bits per heavy atom. The highest BCUT2D eigenvalue weighted by Crippen LogP contribution is 2.24. The molecule has 2 amide bonds. The second-order valence-electron chi connectivity index (χ2n) is 9.36. The van der Waals surface area contributed by atoms with Crippen LogP contribution in [0.2, 0.25) is 0 Å². The van der Waals surface area contributed by atoms with E-state index < -0.39 is 28.5 Å². The Balaban J connectivity index is 1.87. The zero-order chi connectivity index (χ0) is 27.0. The topological polar surface area (TPSA) is 105 Å². The van der Waals surface area contributed by atoms with E-state index in [1.165, 1.54) is 12.0 Å². The first-order chi connectivity index (χ1) is 17.6. The third kappa shape index (κ3) is 7.85. The summed E-state index contributed by atoms with van der Waals surface area (Å²) in [6, 6.07) is 13.0. The fraction of sp³-hybridized carbons (Fsp3) is 0.481. The fourth-order valence-electron chi connectivity index (χ4n) is 4.46. The van der Waals surface area contributed by atoms with Crippen molar-refractivity contribution in [3.63, 3.8) is 0 Å². The Kier molecular flexibility index (Phi) is 9.79. The average molecular weight is 532 g/mol. The molecule has 9 nitrogen and oxygen atoms in total. The maximum absolute atomic E-state index is 13.7. The number of amides is 2. The molecule has 2 aromatic carbocycles. The Labute approximate surface area is 219 Å². The molecule has 0 bridgehead atoms. The molecule has 0 spiro atoms. The van der Waals surface area contributed by atoms with Gasteiger partial charge >= 0.3 is 0 Å². The quantitative estimate of drug-likeness (QED) is 0.477. The molecule has 0 aromatic heterocycles. The fourth-order valence-corrected chi connectivity index (χ4v) is 5.30. The highest BCUT2D eigenvalue weighted by Gasteiger charge is 2.31. The summed E-state index contributed by atoms with van der Waals surface area (Å²) < 4.78 is 36.9. The van der Waals surface area contributed by atoms with Gasteiger partial charge in [0.25, 0.3) is 0 Å². The van der Waals surface area contributed by atoms with Gasteiger partial charge in [0.1, 0.15) is 24.1 Å². The summed E-state index contributed by atoms with van der Waals surface area (Å²) in [5.41, 5.74) is 1.10. The van der Waals surface area contributed by atoms with Crippen LogP contribution in [0, 0.1) is 0 Å². The summed E-state index contributed by atoms with van der Waals surface area (Å²) in [7, 11) is -0.754. The van der Waals surface area contributed by atoms with Crippen molar-refractivity contribution in [1.29, 1.82) is 0 Å². The van der Waals surface area contributed by atoms with Crippen molar-refractivity contribution in [2.45, 2.75) is 57.7 Å². The number of hydrogen-bond acceptors (Lipinski definition) is 6. The van der Waals surface area contributed by atoms with Gasteiger partial charge in [0.2, 0.25) is 21.8 Å². The maximum Gasteiger partial charge on any atom is 0.244 e. The molecule has 0 heterocycles. The Hall–Kier alpha value is -3.27. The maximum atomic E-state index is 13.7. The number of carbonyl (C=O) groups excluding carboxylic acids is 2. The van der Waals surface area contributed by atoms with E-state index in [1.807, 2.05) is 12.1 Å². The van der Waals surface area contributed by atoms with E-state index in [4.69, 9.17) is 9.47 Å². The van der Waals surface area contributed by atoms with Crippen LogP contribution in [0.15, 0.2) is 48.5 Å². The number of anilines is 1. The number of rotatable bonds is 11. The largest absolute Gasteiger partial charge is 0.497 e. The second kappa shape index (κ2) is 12.8. The highest BCUT2D eigenvalue weighted by molar-refractivity contribution is 7.92. The summed E-state index contributed by atoms with van der Waals surface area (Å²) in [4.78, 5) is 28.3. The first kappa shape index (κ1) is 28.3. The van der Waals surface area contributed by atoms with Crippen molar-refractivity contribution in [2.75, 3.05) is 31.3 Å². The van der Waals surface area contributed by atoms with Crippen LogP contribution in [0.1, 0.15) is 44.6 Å². The highest BCUT2D eigenvalue weighted by atomic mass is 32.2. The van der Waals surface area contributed by atoms with E-state index >= 15 is 0 Å². The van der Waals surface area contributed by atoms with Crippen LogP contribution in [-0.4, -0.2) is 64.2 Å². The van der Waals surface area contributed by atoms with Crippen molar-refractivity contribution < 1.29 is 27.5 Å². The van der Waals surface area contributed by atoms with Crippen molar-refractivity contribution >= 4 is 27.5 Å². The third-order valence-electron chi connectivity index (χ3n) is 6.65. The molecule has 1 fully saturated rings. The van der Waals surface area contributed by atoms with Gasteiger partial charge in [-0.1, -0.05) is 37.5 Å². The minimum absolute atomic E-state index is 0.0888. The third-order valence-corrected chi connectivity index (χ3v) is 7.79. The number of carbonyl (C=O) groups is 2. The van der Waals surface area contributed by atoms with Gasteiger partial charge in [0, 0.05) is 18.7 Å². The van der Waals surface area contributed by atoms with Crippen LogP contribution in [0.4, 0.5) is 5.69 Å². The zero-order valence-corrected chi connectivity index (χ0v) is 22.8. The van der Waals surface area contributed by atoms with Gasteiger partial charge in [-0.3, -0.25) is 13.9 Å². The smallest absolute Gasteiger partial charge is 0.244 e. The summed E-state index contributed by atoms with van der Waals surface area (Å²) in [6.07, 6.45) is 6.18. The van der Waals surface area contributed by atoms with Gasteiger partial charge in [0.05, 0.1) is 26.2 Å². The first-order valence-electron chi connectivity index (χ1n) is 12.5. The molecule has 0 radical (unpaired) electrons. The van der Waals surface area contributed by atoms with Gasteiger partial charge in [-0.25, -0.2) is 8.42 Å². The molecule has 202 valence electrons. The van der Waals surface area contributed by atoms with E-state index in [1.54, 1.807) is 50.4 Å². The molecule has 1 aliphatic rings. The Morgan fingerprint density at radius 1 is 1.00 bits per heavy atom. The lowest BCUT2D eigenvalue weighted by molar-refractivity contribution is -0.139. The number of benzene rings is 2. The molecule has 0 aliphatic heterocycles. The number of ether oxygens (including phenoxy) is 2. The van der Waals surface area contributed by atoms with Crippen LogP contribution in [-0.2, 0) is 26.2 Å². The lowest BCUT2D eigenvalue weighted by Crippen LogP contribution is -2.52. The molecular weight excluding hydrogens is 494 g/mol. The van der Waals surface area contributed by atoms with Crippen LogP contribution in [0.5, 0.6) is 11.5 Å². The molecule has 1 aliphatic carbocycles. The standard InChI is InChI=1S/C27H37N3O6S/c1-20(27(32)28-22-9-6-5-7-10-22)29(18-21-13-15-24(35-2)16-14-21)26(31)19-30(37(4,33)34)23-11-8-12-25(17-23)36-3/h8,11-17,20,22H,5-7,9-10,18-19H2,1-4H3,(H,28,32). The van der Waals surface area contributed by atoms with Crippen molar-refractivity contribution in [3.8, 4) is 11.5 Å². The van der Waals surface area contributed by atoms with Gasteiger partial charge in [0.15, 0.2) is 0 Å². The zero-order valence-electron chi connectivity index (χ0n) is 22.0. The van der Waals surface area contributed by atoms with E-state index in [0.29, 0.717) is 17.2 Å². The number of sulfonamides is 1. The van der Waals surface area contributed by atoms with Gasteiger partial charge < -0.3 is 19.7 Å². The monoisotopic (exact) mass is 531 g/mol. The van der Waals surface area contributed by atoms with E-state index in [2.05, 4.69) is 5.32 Å². The minimum atomic E-state index is -3.81. The molecule has 37 heavy (non-hydrogen) atoms. The number of nitrogens with one attached hydrogen (secondary N) is 1. The molecule has 1 atom stereocenters. The predicted octanol–water partition coefficient (Wildman–Crippen LogP) is 3.34. The van der Waals surface area contributed by atoms with Crippen LogP contribution >= 0.6 is 0 Å². The van der Waals surface area contributed by atoms with E-state index in [0.717, 1.165) is 48.2 Å². The Bertz CT molecular complexity index is 1160. The number of methoxy groups -OCH3 is 2. The first-order valence-corrected chi connectivity index (χ1v) is 14.3. The molecule has 2 aromatic rings. The average Bonchev–Trinajstić information content (AvgIpc) is 2.90. The second-order valence-corrected chi connectivity index (χ2v) is 11.3. The predicted molar refractivity (Wildman–Crippen MR) is 143 cm³/mol. The SMILES string of the molecule is COc1ccc(CN(C(=O)CN(c2cccc(OC)c2)S(C)(=O)=O)C(C)C(=O)NC2CCCCC2)cc1. The van der Waals surface area contributed by atoms with Gasteiger partial charge in [-0.2, -0.15) is 0 Å². The van der Waals surface area contributed by atoms with E-state index in [9.17, 15) is 18.0 Å². The Morgan fingerprint density at radius 2 is 1.65 bits per heavy atom. The number of hydrogen-bond donors (Lipinski definition) is 1. The van der Waals surface area contributed by atoms with Crippen LogP contribution in [0.25, 0.3) is 0 Å². The van der Waals surface area contributed by atoms with Gasteiger partial charge in [-0.05, 0) is 49.6 Å². The summed E-state index contributed by atoms with van der Waals surface area (Å²) >= 11 is 0. The summed E-state index contributed by atoms with van der Waals surface area (Å²) in [5.74, 6) is 0.399. The summed E-state index contributed by atoms with van der Waals surface area (Å²) in [5, 5.41) is 3.09. The van der Waals surface area contributed by atoms with Crippen LogP contribution < -0.4 is 19.1 Å². The molecule has 1 saturated carbocycles. The molecule has 0 saturated heterocycles. The van der Waals surface area contributed by atoms with Crippen molar-refractivity contribution in [2.24, 2.45) is 0 Å². The molecule has 3 rings (SSSR count). The molecular formula is C27H37N3O6S. The van der Waals surface area contributed by atoms with Crippen LogP contribution in [0.3, 0.4) is 0 Å². The summed E-state index contributed by atoms with van der Waals surface area (Å²) in [6.45, 7) is 1.36. The normalized spacial score (nSPS) is 14.9. The minimum Gasteiger partial charge on any atom is -0.497 e. The molecule has 1 N–H and O–H groups in total. The molecule has 10 heteroatoms. The van der Waals surface area contributed by atoms with Crippen molar-refractivity contribution in [1.82, 2.24) is 10.2 Å². The van der Waals surface area contributed by atoms with Crippen molar-refractivity contribution in [3.05, 3.63) is 54.1 Å². The van der Waals surface area contributed by atoms with E-state index in [-0.39, 0.29) is 18.5 Å². The van der Waals surface area contributed by atoms with Gasteiger partial charge in [-0.15, -0.1) is 0 Å². The number of nitrogens with zero attached hydrogens (tertiary/aromatic N) is 2. The lowest BCUT2D eigenvalue weighted by atomic mass is 9.95.